The summed E-state index contributed by atoms with van der Waals surface area (Å²) in [5, 5.41) is 0. The van der Waals surface area contributed by atoms with Crippen LogP contribution in [0.2, 0.25) is 0 Å². The summed E-state index contributed by atoms with van der Waals surface area (Å²) in [4.78, 5) is 14.1. The second-order valence-electron chi connectivity index (χ2n) is 5.51. The highest BCUT2D eigenvalue weighted by Gasteiger charge is 2.26. The zero-order valence-corrected chi connectivity index (χ0v) is 13.0. The fourth-order valence-corrected chi connectivity index (χ4v) is 2.71. The van der Waals surface area contributed by atoms with Gasteiger partial charge in [0.1, 0.15) is 12.4 Å². The van der Waals surface area contributed by atoms with E-state index in [0.717, 1.165) is 43.8 Å². The summed E-state index contributed by atoms with van der Waals surface area (Å²) >= 11 is 0. The number of hydrogen-bond donors (Lipinski definition) is 0. The molecule has 0 bridgehead atoms. The molecule has 1 aliphatic rings. The molecule has 116 valence electrons. The van der Waals surface area contributed by atoms with Crippen molar-refractivity contribution in [2.24, 2.45) is 5.92 Å². The van der Waals surface area contributed by atoms with Gasteiger partial charge in [0.05, 0.1) is 12.5 Å². The van der Waals surface area contributed by atoms with Crippen LogP contribution in [0.1, 0.15) is 25.3 Å². The summed E-state index contributed by atoms with van der Waals surface area (Å²) in [6.45, 7) is 7.70. The third-order valence-corrected chi connectivity index (χ3v) is 3.88. The maximum Gasteiger partial charge on any atom is 0.310 e. The standard InChI is InChI=1S/C17H25NO3/c1-3-20-17(19)15-8-6-10-18(13-15)11-12-21-16-9-5-4-7-14(16)2/h4-5,7,9,15H,3,6,8,10-13H2,1-2H3/t15-/m0/s1. The highest BCUT2D eigenvalue weighted by Crippen LogP contribution is 2.19. The average molecular weight is 291 g/mol. The molecule has 1 aromatic rings. The van der Waals surface area contributed by atoms with Gasteiger partial charge >= 0.3 is 5.97 Å². The van der Waals surface area contributed by atoms with Crippen molar-refractivity contribution in [1.82, 2.24) is 4.90 Å². The van der Waals surface area contributed by atoms with Crippen molar-refractivity contribution in [1.29, 1.82) is 0 Å². The predicted molar refractivity (Wildman–Crippen MR) is 82.5 cm³/mol. The van der Waals surface area contributed by atoms with Gasteiger partial charge in [-0.1, -0.05) is 18.2 Å². The van der Waals surface area contributed by atoms with Gasteiger partial charge in [0, 0.05) is 13.1 Å². The fraction of sp³-hybridized carbons (Fsp3) is 0.588. The Kier molecular flexibility index (Phi) is 6.05. The lowest BCUT2D eigenvalue weighted by Crippen LogP contribution is -2.41. The van der Waals surface area contributed by atoms with Crippen molar-refractivity contribution in [3.8, 4) is 5.75 Å². The molecule has 0 spiro atoms. The molecule has 1 saturated heterocycles. The molecule has 1 heterocycles. The second kappa shape index (κ2) is 8.03. The highest BCUT2D eigenvalue weighted by molar-refractivity contribution is 5.72. The number of ether oxygens (including phenoxy) is 2. The Morgan fingerprint density at radius 3 is 2.95 bits per heavy atom. The first-order valence-corrected chi connectivity index (χ1v) is 7.78. The average Bonchev–Trinajstić information content (AvgIpc) is 2.50. The largest absolute Gasteiger partial charge is 0.492 e. The monoisotopic (exact) mass is 291 g/mol. The summed E-state index contributed by atoms with van der Waals surface area (Å²) in [5.74, 6) is 0.913. The van der Waals surface area contributed by atoms with Crippen LogP contribution >= 0.6 is 0 Å². The predicted octanol–water partition coefficient (Wildman–Crippen LogP) is 2.65. The van der Waals surface area contributed by atoms with Crippen LogP contribution in [-0.4, -0.2) is 43.7 Å². The van der Waals surface area contributed by atoms with E-state index in [0.29, 0.717) is 13.2 Å². The summed E-state index contributed by atoms with van der Waals surface area (Å²) in [6.07, 6.45) is 1.99. The molecule has 0 aliphatic carbocycles. The third-order valence-electron chi connectivity index (χ3n) is 3.88. The smallest absolute Gasteiger partial charge is 0.310 e. The Bertz CT molecular complexity index is 461. The van der Waals surface area contributed by atoms with E-state index in [4.69, 9.17) is 9.47 Å². The lowest BCUT2D eigenvalue weighted by atomic mass is 9.98. The molecule has 1 fully saturated rings. The number of likely N-dealkylation sites (tertiary alicyclic amines) is 1. The molecule has 4 nitrogen and oxygen atoms in total. The Labute approximate surface area is 127 Å². The Balaban J connectivity index is 1.75. The first kappa shape index (κ1) is 15.8. The number of esters is 1. The van der Waals surface area contributed by atoms with Crippen molar-refractivity contribution in [3.63, 3.8) is 0 Å². The van der Waals surface area contributed by atoms with Crippen molar-refractivity contribution < 1.29 is 14.3 Å². The summed E-state index contributed by atoms with van der Waals surface area (Å²) < 4.78 is 10.9. The van der Waals surface area contributed by atoms with Crippen molar-refractivity contribution in [2.45, 2.75) is 26.7 Å². The van der Waals surface area contributed by atoms with Gasteiger partial charge in [-0.2, -0.15) is 0 Å². The van der Waals surface area contributed by atoms with Gasteiger partial charge in [0.2, 0.25) is 0 Å². The third kappa shape index (κ3) is 4.74. The molecule has 0 saturated carbocycles. The second-order valence-corrected chi connectivity index (χ2v) is 5.51. The fourth-order valence-electron chi connectivity index (χ4n) is 2.71. The molecule has 0 radical (unpaired) electrons. The maximum absolute atomic E-state index is 11.8. The van der Waals surface area contributed by atoms with Crippen LogP contribution in [0.3, 0.4) is 0 Å². The van der Waals surface area contributed by atoms with Crippen molar-refractivity contribution >= 4 is 5.97 Å². The summed E-state index contributed by atoms with van der Waals surface area (Å²) in [5.41, 5.74) is 1.15. The zero-order valence-electron chi connectivity index (χ0n) is 13.0. The molecule has 1 aromatic carbocycles. The number of aryl methyl sites for hydroxylation is 1. The van der Waals surface area contributed by atoms with Gasteiger partial charge in [-0.25, -0.2) is 0 Å². The number of benzene rings is 1. The number of carbonyl (C=O) groups excluding carboxylic acids is 1. The summed E-state index contributed by atoms with van der Waals surface area (Å²) in [6, 6.07) is 8.04. The molecule has 21 heavy (non-hydrogen) atoms. The maximum atomic E-state index is 11.8. The molecular weight excluding hydrogens is 266 g/mol. The highest BCUT2D eigenvalue weighted by atomic mass is 16.5. The minimum absolute atomic E-state index is 0.0251. The molecule has 0 amide bonds. The molecular formula is C17H25NO3. The minimum atomic E-state index is -0.0537. The zero-order chi connectivity index (χ0) is 15.1. The number of piperidine rings is 1. The van der Waals surface area contributed by atoms with Gasteiger partial charge in [-0.05, 0) is 44.9 Å². The molecule has 0 N–H and O–H groups in total. The van der Waals surface area contributed by atoms with E-state index in [1.54, 1.807) is 0 Å². The van der Waals surface area contributed by atoms with Crippen LogP contribution in [0.4, 0.5) is 0 Å². The van der Waals surface area contributed by atoms with E-state index in [-0.39, 0.29) is 11.9 Å². The molecule has 4 heteroatoms. The normalized spacial score (nSPS) is 19.2. The van der Waals surface area contributed by atoms with Gasteiger partial charge in [-0.3, -0.25) is 9.69 Å². The van der Waals surface area contributed by atoms with Crippen LogP contribution in [0.25, 0.3) is 0 Å². The van der Waals surface area contributed by atoms with Gasteiger partial charge in [0.25, 0.3) is 0 Å². The van der Waals surface area contributed by atoms with Gasteiger partial charge < -0.3 is 9.47 Å². The number of rotatable bonds is 6. The first-order chi connectivity index (χ1) is 10.2. The molecule has 2 rings (SSSR count). The molecule has 0 unspecified atom stereocenters. The number of nitrogens with zero attached hydrogens (tertiary/aromatic N) is 1. The Morgan fingerprint density at radius 1 is 1.38 bits per heavy atom. The Hall–Kier alpha value is -1.55. The van der Waals surface area contributed by atoms with E-state index in [9.17, 15) is 4.79 Å². The van der Waals surface area contributed by atoms with Crippen molar-refractivity contribution in [3.05, 3.63) is 29.8 Å². The van der Waals surface area contributed by atoms with E-state index in [1.165, 1.54) is 0 Å². The van der Waals surface area contributed by atoms with Gasteiger partial charge in [0.15, 0.2) is 0 Å². The molecule has 1 atom stereocenters. The summed E-state index contributed by atoms with van der Waals surface area (Å²) in [7, 11) is 0. The topological polar surface area (TPSA) is 38.8 Å². The number of carbonyl (C=O) groups is 1. The van der Waals surface area contributed by atoms with E-state index in [2.05, 4.69) is 4.90 Å². The quantitative estimate of drug-likeness (QED) is 0.755. The van der Waals surface area contributed by atoms with Crippen LogP contribution in [0.15, 0.2) is 24.3 Å². The molecule has 0 aromatic heterocycles. The van der Waals surface area contributed by atoms with Crippen molar-refractivity contribution in [2.75, 3.05) is 32.8 Å². The SMILES string of the molecule is CCOC(=O)[C@H]1CCCN(CCOc2ccccc2C)C1. The Morgan fingerprint density at radius 2 is 2.19 bits per heavy atom. The van der Waals surface area contributed by atoms with E-state index < -0.39 is 0 Å². The van der Waals surface area contributed by atoms with Crippen LogP contribution < -0.4 is 4.74 Å². The number of hydrogen-bond acceptors (Lipinski definition) is 4. The molecule has 1 aliphatic heterocycles. The minimum Gasteiger partial charge on any atom is -0.492 e. The van der Waals surface area contributed by atoms with Crippen LogP contribution in [0.5, 0.6) is 5.75 Å². The van der Waals surface area contributed by atoms with E-state index >= 15 is 0 Å². The lowest BCUT2D eigenvalue weighted by molar-refractivity contribution is -0.150. The van der Waals surface area contributed by atoms with Crippen LogP contribution in [-0.2, 0) is 9.53 Å². The lowest BCUT2D eigenvalue weighted by Gasteiger charge is -2.31. The van der Waals surface area contributed by atoms with Crippen LogP contribution in [0, 0.1) is 12.8 Å². The van der Waals surface area contributed by atoms with E-state index in [1.807, 2.05) is 38.1 Å². The van der Waals surface area contributed by atoms with Gasteiger partial charge in [-0.15, -0.1) is 0 Å². The first-order valence-electron chi connectivity index (χ1n) is 7.78. The number of para-hydroxylation sites is 1.